The minimum atomic E-state index is -0.967. The summed E-state index contributed by atoms with van der Waals surface area (Å²) >= 11 is 6.28. The van der Waals surface area contributed by atoms with Gasteiger partial charge >= 0.3 is 0 Å². The van der Waals surface area contributed by atoms with E-state index in [1.54, 1.807) is 6.07 Å². The second-order valence-electron chi connectivity index (χ2n) is 14.4. The number of imide groups is 2. The molecule has 0 bridgehead atoms. The van der Waals surface area contributed by atoms with Crippen LogP contribution in [0.15, 0.2) is 54.6 Å². The van der Waals surface area contributed by atoms with Crippen LogP contribution in [0.2, 0.25) is 5.02 Å². The molecule has 0 spiro atoms. The summed E-state index contributed by atoms with van der Waals surface area (Å²) in [5.74, 6) is -2.04. The number of hydrogen-bond donors (Lipinski definition) is 2. The molecule has 3 atom stereocenters. The van der Waals surface area contributed by atoms with E-state index in [0.29, 0.717) is 53.1 Å². The molecule has 13 heteroatoms. The molecule has 0 aliphatic carbocycles. The van der Waals surface area contributed by atoms with Gasteiger partial charge in [0.05, 0.1) is 17.7 Å². The fourth-order valence-electron chi connectivity index (χ4n) is 8.49. The highest BCUT2D eigenvalue weighted by Gasteiger charge is 2.45. The van der Waals surface area contributed by atoms with Crippen LogP contribution in [-0.4, -0.2) is 83.1 Å². The molecular weight excluding hydrogens is 682 g/mol. The summed E-state index contributed by atoms with van der Waals surface area (Å²) in [6.07, 6.45) is 2.96. The first-order chi connectivity index (χ1) is 25.1. The Morgan fingerprint density at radius 1 is 0.904 bits per heavy atom. The lowest BCUT2D eigenvalue weighted by Crippen LogP contribution is -2.54. The van der Waals surface area contributed by atoms with Crippen molar-refractivity contribution in [3.63, 3.8) is 0 Å². The quantitative estimate of drug-likeness (QED) is 0.278. The molecule has 12 nitrogen and oxygen atoms in total. The highest BCUT2D eigenvalue weighted by atomic mass is 35.5. The van der Waals surface area contributed by atoms with Gasteiger partial charge < -0.3 is 15.1 Å². The summed E-state index contributed by atoms with van der Waals surface area (Å²) in [5, 5.41) is 5.87. The summed E-state index contributed by atoms with van der Waals surface area (Å²) in [7, 11) is 0. The Hall–Kier alpha value is -5.25. The number of anilines is 2. The number of amides is 5. The predicted molar refractivity (Wildman–Crippen MR) is 194 cm³/mol. The second kappa shape index (κ2) is 13.4. The minimum absolute atomic E-state index is 0.00763. The van der Waals surface area contributed by atoms with Crippen LogP contribution in [0.1, 0.15) is 81.2 Å². The minimum Gasteiger partial charge on any atom is -0.371 e. The Kier molecular flexibility index (Phi) is 8.71. The zero-order chi connectivity index (χ0) is 36.3. The van der Waals surface area contributed by atoms with Gasteiger partial charge in [0.15, 0.2) is 0 Å². The molecule has 5 aliphatic heterocycles. The maximum atomic E-state index is 13.3. The summed E-state index contributed by atoms with van der Waals surface area (Å²) < 4.78 is 0. The van der Waals surface area contributed by atoms with Gasteiger partial charge in [-0.2, -0.15) is 0 Å². The van der Waals surface area contributed by atoms with Gasteiger partial charge in [-0.05, 0) is 92.3 Å². The molecule has 5 aliphatic rings. The van der Waals surface area contributed by atoms with E-state index in [9.17, 15) is 24.0 Å². The molecule has 0 radical (unpaired) electrons. The van der Waals surface area contributed by atoms with Gasteiger partial charge in [-0.3, -0.25) is 39.1 Å². The van der Waals surface area contributed by atoms with Crippen molar-refractivity contribution in [3.05, 3.63) is 98.9 Å². The smallest absolute Gasteiger partial charge is 0.262 e. The van der Waals surface area contributed by atoms with Gasteiger partial charge in [0.1, 0.15) is 6.04 Å². The zero-order valence-electron chi connectivity index (χ0n) is 28.7. The van der Waals surface area contributed by atoms with Crippen molar-refractivity contribution in [2.24, 2.45) is 0 Å². The van der Waals surface area contributed by atoms with E-state index in [1.165, 1.54) is 0 Å². The van der Waals surface area contributed by atoms with Crippen molar-refractivity contribution in [3.8, 4) is 0 Å². The number of nitrogens with one attached hydrogen (secondary N) is 2. The molecule has 52 heavy (non-hydrogen) atoms. The van der Waals surface area contributed by atoms with Crippen LogP contribution in [0.4, 0.5) is 17.1 Å². The van der Waals surface area contributed by atoms with Crippen molar-refractivity contribution in [1.82, 2.24) is 20.4 Å². The molecule has 3 aromatic carbocycles. The maximum absolute atomic E-state index is 13.3. The molecule has 5 amide bonds. The SMILES string of the molecule is [C-]#[N+]c1ccc(N2C[C@@H](NC(=O)c3ccc(N4CCC(N5Cc6cc7c(cc6C5)C(=O)N(C5CCC(=O)NC5=O)C7=O)CC4)cc3)C[C@@H]2C)cc1Cl. The third-order valence-electron chi connectivity index (χ3n) is 11.3. The molecule has 3 saturated heterocycles. The number of carbonyl (C=O) groups excluding carboxylic acids is 5. The van der Waals surface area contributed by atoms with E-state index in [4.69, 9.17) is 18.2 Å². The number of carbonyl (C=O) groups is 5. The molecule has 3 aromatic rings. The molecule has 0 saturated carbocycles. The summed E-state index contributed by atoms with van der Waals surface area (Å²) in [6.45, 7) is 13.1. The van der Waals surface area contributed by atoms with E-state index in [-0.39, 0.29) is 30.8 Å². The molecule has 8 rings (SSSR count). The molecule has 5 heterocycles. The van der Waals surface area contributed by atoms with Gasteiger partial charge in [-0.1, -0.05) is 17.7 Å². The number of hydrogen-bond acceptors (Lipinski definition) is 8. The number of benzene rings is 3. The number of rotatable bonds is 6. The van der Waals surface area contributed by atoms with E-state index >= 15 is 0 Å². The Morgan fingerprint density at radius 3 is 2.17 bits per heavy atom. The van der Waals surface area contributed by atoms with E-state index in [2.05, 4.69) is 37.1 Å². The highest BCUT2D eigenvalue weighted by Crippen LogP contribution is 2.36. The highest BCUT2D eigenvalue weighted by molar-refractivity contribution is 6.33. The van der Waals surface area contributed by atoms with Crippen LogP contribution < -0.4 is 20.4 Å². The Morgan fingerprint density at radius 2 is 1.56 bits per heavy atom. The predicted octanol–water partition coefficient (Wildman–Crippen LogP) is 4.67. The van der Waals surface area contributed by atoms with Gasteiger partial charge in [0.2, 0.25) is 17.5 Å². The third kappa shape index (κ3) is 6.07. The van der Waals surface area contributed by atoms with Crippen molar-refractivity contribution < 1.29 is 24.0 Å². The Balaban J connectivity index is 0.838. The van der Waals surface area contributed by atoms with Crippen LogP contribution in [0, 0.1) is 6.57 Å². The van der Waals surface area contributed by atoms with Crippen molar-refractivity contribution in [2.75, 3.05) is 29.4 Å². The van der Waals surface area contributed by atoms with Gasteiger partial charge in [-0.15, -0.1) is 0 Å². The third-order valence-corrected chi connectivity index (χ3v) is 11.6. The molecule has 1 unspecified atom stereocenters. The van der Waals surface area contributed by atoms with Crippen LogP contribution in [-0.2, 0) is 22.7 Å². The topological polar surface area (TPSA) is 127 Å². The lowest BCUT2D eigenvalue weighted by atomic mass is 10.0. The summed E-state index contributed by atoms with van der Waals surface area (Å²) in [6, 6.07) is 16.5. The number of piperidine rings is 2. The molecule has 3 fully saturated rings. The van der Waals surface area contributed by atoms with Gasteiger partial charge in [0.25, 0.3) is 17.7 Å². The number of nitrogens with zero attached hydrogens (tertiary/aromatic N) is 5. The molecule has 266 valence electrons. The van der Waals surface area contributed by atoms with E-state index in [0.717, 1.165) is 59.8 Å². The largest absolute Gasteiger partial charge is 0.371 e. The fraction of sp³-hybridized carbons (Fsp3) is 0.385. The molecule has 2 N–H and O–H groups in total. The zero-order valence-corrected chi connectivity index (χ0v) is 29.5. The van der Waals surface area contributed by atoms with Crippen molar-refractivity contribution in [1.29, 1.82) is 0 Å². The summed E-state index contributed by atoms with van der Waals surface area (Å²) in [5.41, 5.74) is 5.79. The van der Waals surface area contributed by atoms with Gasteiger partial charge in [-0.25, -0.2) is 4.85 Å². The average molecular weight is 720 g/mol. The normalized spacial score (nSPS) is 23.5. The Bertz CT molecular complexity index is 2010. The summed E-state index contributed by atoms with van der Waals surface area (Å²) in [4.78, 5) is 75.3. The molecular formula is C39H38ClN7O5. The van der Waals surface area contributed by atoms with Crippen LogP contribution >= 0.6 is 11.6 Å². The van der Waals surface area contributed by atoms with Gasteiger partial charge in [0, 0.05) is 79.2 Å². The lowest BCUT2D eigenvalue weighted by molar-refractivity contribution is -0.136. The van der Waals surface area contributed by atoms with E-state index < -0.39 is 29.7 Å². The second-order valence-corrected chi connectivity index (χ2v) is 14.8. The van der Waals surface area contributed by atoms with Crippen molar-refractivity contribution >= 4 is 58.2 Å². The number of halogens is 1. The lowest BCUT2D eigenvalue weighted by Gasteiger charge is -2.37. The number of fused-ring (bicyclic) bond motifs is 2. The average Bonchev–Trinajstić information content (AvgIpc) is 3.80. The van der Waals surface area contributed by atoms with Crippen molar-refractivity contribution in [2.45, 2.75) is 76.3 Å². The maximum Gasteiger partial charge on any atom is 0.262 e. The standard InChI is InChI=1S/C39H38ClN7O5/c1-22-15-26(21-46(22)29-7-8-33(41-2)32(40)18-29)42-36(49)23-3-5-27(6-4-23)44-13-11-28(12-14-44)45-19-24-16-30-31(17-25(24)20-45)39(52)47(38(30)51)34-9-10-35(48)43-37(34)50/h3-8,16-18,22,26,28,34H,9-15,19-21H2,1H3,(H,42,49)(H,43,48,50)/t22-,26-,34?/m0/s1. The van der Waals surface area contributed by atoms with Crippen LogP contribution in [0.25, 0.3) is 4.85 Å². The first-order valence-corrected chi connectivity index (χ1v) is 18.2. The first kappa shape index (κ1) is 33.9. The van der Waals surface area contributed by atoms with Crippen LogP contribution in [0.3, 0.4) is 0 Å². The van der Waals surface area contributed by atoms with Crippen LogP contribution in [0.5, 0.6) is 0 Å². The van der Waals surface area contributed by atoms with E-state index in [1.807, 2.05) is 48.5 Å². The first-order valence-electron chi connectivity index (χ1n) is 17.8. The molecule has 0 aromatic heterocycles. The fourth-order valence-corrected chi connectivity index (χ4v) is 8.71. The monoisotopic (exact) mass is 719 g/mol. The Labute approximate surface area is 306 Å².